The summed E-state index contributed by atoms with van der Waals surface area (Å²) in [6.07, 6.45) is 0. The van der Waals surface area contributed by atoms with Gasteiger partial charge in [0.25, 0.3) is 0 Å². The summed E-state index contributed by atoms with van der Waals surface area (Å²) in [7, 11) is -3.58. The highest BCUT2D eigenvalue weighted by Crippen LogP contribution is 2.19. The van der Waals surface area contributed by atoms with Crippen LogP contribution in [0.3, 0.4) is 0 Å². The third-order valence-corrected chi connectivity index (χ3v) is 6.25. The largest absolute Gasteiger partial charge is 0.369 e. The fourth-order valence-corrected chi connectivity index (χ4v) is 4.38. The Bertz CT molecular complexity index is 700. The lowest BCUT2D eigenvalue weighted by molar-refractivity contribution is -0.118. The number of amides is 1. The molecule has 0 saturated carbocycles. The molecular formula is C18H30N4O3S. The molecule has 0 spiro atoms. The lowest BCUT2D eigenvalue weighted by atomic mass is 10.2. The van der Waals surface area contributed by atoms with Crippen LogP contribution in [-0.2, 0) is 14.8 Å². The van der Waals surface area contributed by atoms with Crippen molar-refractivity contribution in [2.45, 2.75) is 26.8 Å². The zero-order chi connectivity index (χ0) is 19.2. The highest BCUT2D eigenvalue weighted by atomic mass is 32.2. The lowest BCUT2D eigenvalue weighted by Gasteiger charge is -2.35. The number of nitrogens with zero attached hydrogens (tertiary/aromatic N) is 2. The van der Waals surface area contributed by atoms with Gasteiger partial charge >= 0.3 is 0 Å². The van der Waals surface area contributed by atoms with Crippen LogP contribution in [0.5, 0.6) is 0 Å². The standard InChI is InChI=1S/C18H30N4O3S/c1-4-19-16(3)13-20-18(23)14-26(24,25)22-10-8-21(9-11-22)17-7-5-6-15(2)12-17/h5-7,12,16,19H,4,8-11,13-14H2,1-3H3,(H,20,23)/t16-/m1/s1. The molecule has 1 saturated heterocycles. The molecule has 1 fully saturated rings. The van der Waals surface area contributed by atoms with Gasteiger partial charge in [0.1, 0.15) is 5.75 Å². The quantitative estimate of drug-likeness (QED) is 0.687. The number of anilines is 1. The number of sulfonamides is 1. The van der Waals surface area contributed by atoms with Crippen LogP contribution in [0.2, 0.25) is 0 Å². The Balaban J connectivity index is 1.84. The SMILES string of the molecule is CCN[C@H](C)CNC(=O)CS(=O)(=O)N1CCN(c2cccc(C)c2)CC1. The van der Waals surface area contributed by atoms with Crippen molar-refractivity contribution in [1.82, 2.24) is 14.9 Å². The number of carbonyl (C=O) groups is 1. The highest BCUT2D eigenvalue weighted by Gasteiger charge is 2.29. The minimum atomic E-state index is -3.58. The Hall–Kier alpha value is -1.64. The number of aryl methyl sites for hydroxylation is 1. The molecule has 2 rings (SSSR count). The van der Waals surface area contributed by atoms with Crippen LogP contribution >= 0.6 is 0 Å². The van der Waals surface area contributed by atoms with E-state index in [4.69, 9.17) is 0 Å². The number of rotatable bonds is 8. The summed E-state index contributed by atoms with van der Waals surface area (Å²) in [5.74, 6) is -0.938. The van der Waals surface area contributed by atoms with Gasteiger partial charge in [-0.25, -0.2) is 8.42 Å². The van der Waals surface area contributed by atoms with E-state index in [9.17, 15) is 13.2 Å². The first-order valence-electron chi connectivity index (χ1n) is 9.11. The second-order valence-electron chi connectivity index (χ2n) is 6.74. The van der Waals surface area contributed by atoms with Crippen LogP contribution in [-0.4, -0.2) is 69.7 Å². The predicted molar refractivity (Wildman–Crippen MR) is 105 cm³/mol. The van der Waals surface area contributed by atoms with Crippen LogP contribution in [0.25, 0.3) is 0 Å². The molecule has 1 heterocycles. The van der Waals surface area contributed by atoms with Gasteiger partial charge in [0.05, 0.1) is 0 Å². The summed E-state index contributed by atoms with van der Waals surface area (Å²) < 4.78 is 26.4. The van der Waals surface area contributed by atoms with Crippen LogP contribution in [0, 0.1) is 6.92 Å². The average Bonchev–Trinajstić information content (AvgIpc) is 2.60. The first kappa shape index (κ1) is 20.7. The predicted octanol–water partition coefficient (Wildman–Crippen LogP) is 0.561. The number of carbonyl (C=O) groups excluding carboxylic acids is 1. The van der Waals surface area contributed by atoms with Gasteiger partial charge < -0.3 is 15.5 Å². The maximum Gasteiger partial charge on any atom is 0.236 e. The maximum absolute atomic E-state index is 12.5. The summed E-state index contributed by atoms with van der Waals surface area (Å²) in [5.41, 5.74) is 2.29. The average molecular weight is 383 g/mol. The number of hydrogen-bond donors (Lipinski definition) is 2. The van der Waals surface area contributed by atoms with Gasteiger partial charge in [-0.1, -0.05) is 19.1 Å². The van der Waals surface area contributed by atoms with Crippen molar-refractivity contribution in [3.05, 3.63) is 29.8 Å². The zero-order valence-corrected chi connectivity index (χ0v) is 16.7. The number of nitrogens with one attached hydrogen (secondary N) is 2. The van der Waals surface area contributed by atoms with E-state index in [-0.39, 0.29) is 6.04 Å². The van der Waals surface area contributed by atoms with E-state index in [0.717, 1.165) is 12.2 Å². The molecule has 1 aliphatic heterocycles. The van der Waals surface area contributed by atoms with E-state index in [1.54, 1.807) is 0 Å². The van der Waals surface area contributed by atoms with E-state index < -0.39 is 21.7 Å². The number of hydrogen-bond acceptors (Lipinski definition) is 5. The minimum absolute atomic E-state index is 0.115. The Labute approximate surface area is 156 Å². The molecule has 146 valence electrons. The second-order valence-corrected chi connectivity index (χ2v) is 8.71. The van der Waals surface area contributed by atoms with Crippen molar-refractivity contribution in [3.8, 4) is 0 Å². The first-order chi connectivity index (χ1) is 12.3. The van der Waals surface area contributed by atoms with Crippen LogP contribution in [0.1, 0.15) is 19.4 Å². The van der Waals surface area contributed by atoms with E-state index in [1.807, 2.05) is 39.0 Å². The van der Waals surface area contributed by atoms with Gasteiger partial charge in [0, 0.05) is 44.5 Å². The van der Waals surface area contributed by atoms with E-state index in [2.05, 4.69) is 21.6 Å². The topological polar surface area (TPSA) is 81.7 Å². The van der Waals surface area contributed by atoms with Gasteiger partial charge in [-0.3, -0.25) is 4.79 Å². The molecule has 0 aromatic heterocycles. The van der Waals surface area contributed by atoms with Crippen molar-refractivity contribution < 1.29 is 13.2 Å². The molecule has 1 atom stereocenters. The summed E-state index contributed by atoms with van der Waals surface area (Å²) in [5, 5.41) is 5.86. The molecule has 7 nitrogen and oxygen atoms in total. The summed E-state index contributed by atoms with van der Waals surface area (Å²) in [4.78, 5) is 14.2. The summed E-state index contributed by atoms with van der Waals surface area (Å²) in [6.45, 7) is 9.25. The normalized spacial score (nSPS) is 17.1. The monoisotopic (exact) mass is 382 g/mol. The Morgan fingerprint density at radius 2 is 1.92 bits per heavy atom. The molecule has 1 aliphatic rings. The molecule has 0 aliphatic carbocycles. The molecule has 1 aromatic rings. The third-order valence-electron chi connectivity index (χ3n) is 4.47. The Morgan fingerprint density at radius 3 is 2.54 bits per heavy atom. The van der Waals surface area contributed by atoms with Crippen LogP contribution in [0.15, 0.2) is 24.3 Å². The highest BCUT2D eigenvalue weighted by molar-refractivity contribution is 7.89. The summed E-state index contributed by atoms with van der Waals surface area (Å²) >= 11 is 0. The minimum Gasteiger partial charge on any atom is -0.369 e. The number of likely N-dealkylation sites (N-methyl/N-ethyl adjacent to an activating group) is 1. The Kier molecular flexibility index (Phi) is 7.43. The zero-order valence-electron chi connectivity index (χ0n) is 15.9. The molecule has 0 bridgehead atoms. The molecule has 26 heavy (non-hydrogen) atoms. The van der Waals surface area contributed by atoms with Gasteiger partial charge in [-0.15, -0.1) is 0 Å². The van der Waals surface area contributed by atoms with Gasteiger partial charge in [0.2, 0.25) is 15.9 Å². The smallest absolute Gasteiger partial charge is 0.236 e. The Morgan fingerprint density at radius 1 is 1.23 bits per heavy atom. The van der Waals surface area contributed by atoms with Crippen molar-refractivity contribution in [2.75, 3.05) is 49.9 Å². The molecule has 0 unspecified atom stereocenters. The second kappa shape index (κ2) is 9.34. The molecule has 2 N–H and O–H groups in total. The van der Waals surface area contributed by atoms with E-state index >= 15 is 0 Å². The maximum atomic E-state index is 12.5. The molecular weight excluding hydrogens is 352 g/mol. The number of piperazine rings is 1. The van der Waals surface area contributed by atoms with Gasteiger partial charge in [-0.05, 0) is 38.1 Å². The van der Waals surface area contributed by atoms with Gasteiger partial charge in [-0.2, -0.15) is 4.31 Å². The van der Waals surface area contributed by atoms with Crippen molar-refractivity contribution in [1.29, 1.82) is 0 Å². The molecule has 8 heteroatoms. The van der Waals surface area contributed by atoms with Crippen molar-refractivity contribution in [3.63, 3.8) is 0 Å². The molecule has 0 radical (unpaired) electrons. The van der Waals surface area contributed by atoms with E-state index in [1.165, 1.54) is 9.87 Å². The van der Waals surface area contributed by atoms with Crippen molar-refractivity contribution >= 4 is 21.6 Å². The fourth-order valence-electron chi connectivity index (χ4n) is 3.04. The third kappa shape index (κ3) is 5.96. The molecule has 1 aromatic carbocycles. The van der Waals surface area contributed by atoms with Crippen LogP contribution < -0.4 is 15.5 Å². The first-order valence-corrected chi connectivity index (χ1v) is 10.7. The number of benzene rings is 1. The van der Waals surface area contributed by atoms with Crippen molar-refractivity contribution in [2.24, 2.45) is 0 Å². The fraction of sp³-hybridized carbons (Fsp3) is 0.611. The lowest BCUT2D eigenvalue weighted by Crippen LogP contribution is -2.51. The van der Waals surface area contributed by atoms with Gasteiger partial charge in [0.15, 0.2) is 0 Å². The van der Waals surface area contributed by atoms with Crippen LogP contribution in [0.4, 0.5) is 5.69 Å². The summed E-state index contributed by atoms with van der Waals surface area (Å²) in [6, 6.07) is 8.30. The molecule has 1 amide bonds. The van der Waals surface area contributed by atoms with E-state index in [0.29, 0.717) is 32.7 Å².